The Morgan fingerprint density at radius 3 is 2.50 bits per heavy atom. The molecule has 144 valence electrons. The SMILES string of the molecule is Bc1ccc(/C=C/C(=O)c2c(OC)cc(OC)c(C3=CCNCC3)c2O)cc1. The first-order chi connectivity index (χ1) is 13.5. The van der Waals surface area contributed by atoms with Crippen molar-refractivity contribution in [1.82, 2.24) is 5.32 Å². The molecule has 28 heavy (non-hydrogen) atoms. The van der Waals surface area contributed by atoms with Gasteiger partial charge in [0.2, 0.25) is 0 Å². The molecule has 2 aromatic carbocycles. The van der Waals surface area contributed by atoms with Gasteiger partial charge in [-0.15, -0.1) is 0 Å². The van der Waals surface area contributed by atoms with Crippen LogP contribution in [0.25, 0.3) is 11.6 Å². The van der Waals surface area contributed by atoms with E-state index in [4.69, 9.17) is 9.47 Å². The molecule has 0 saturated carbocycles. The third-order valence-electron chi connectivity index (χ3n) is 4.80. The molecule has 2 aromatic rings. The number of rotatable bonds is 6. The second-order valence-corrected chi connectivity index (χ2v) is 6.67. The van der Waals surface area contributed by atoms with Gasteiger partial charge in [0.05, 0.1) is 19.8 Å². The van der Waals surface area contributed by atoms with Crippen LogP contribution in [-0.2, 0) is 0 Å². The summed E-state index contributed by atoms with van der Waals surface area (Å²) in [4.78, 5) is 12.9. The minimum atomic E-state index is -0.326. The zero-order valence-corrected chi connectivity index (χ0v) is 16.4. The van der Waals surface area contributed by atoms with Crippen LogP contribution >= 0.6 is 0 Å². The molecule has 0 fully saturated rings. The summed E-state index contributed by atoms with van der Waals surface area (Å²) in [7, 11) is 5.02. The fourth-order valence-corrected chi connectivity index (χ4v) is 3.27. The number of allylic oxidation sites excluding steroid dienone is 1. The minimum absolute atomic E-state index is 0.108. The van der Waals surface area contributed by atoms with Gasteiger partial charge in [-0.2, -0.15) is 0 Å². The van der Waals surface area contributed by atoms with Crippen LogP contribution in [0.5, 0.6) is 17.2 Å². The summed E-state index contributed by atoms with van der Waals surface area (Å²) < 4.78 is 10.8. The molecule has 3 rings (SSSR count). The van der Waals surface area contributed by atoms with Gasteiger partial charge in [0, 0.05) is 12.6 Å². The summed E-state index contributed by atoms with van der Waals surface area (Å²) in [5.74, 6) is 0.337. The zero-order chi connectivity index (χ0) is 20.1. The molecule has 0 unspecified atom stereocenters. The Morgan fingerprint density at radius 2 is 1.89 bits per heavy atom. The number of phenolic OH excluding ortho intramolecular Hbond substituents is 1. The van der Waals surface area contributed by atoms with Crippen LogP contribution in [0.3, 0.4) is 0 Å². The lowest BCUT2D eigenvalue weighted by atomic mass is 9.93. The molecule has 0 bridgehead atoms. The highest BCUT2D eigenvalue weighted by Gasteiger charge is 2.25. The van der Waals surface area contributed by atoms with Gasteiger partial charge in [0.15, 0.2) is 5.78 Å². The van der Waals surface area contributed by atoms with Crippen LogP contribution < -0.4 is 20.3 Å². The molecule has 1 heterocycles. The molecule has 6 heteroatoms. The molecule has 0 spiro atoms. The number of carbonyl (C=O) groups is 1. The zero-order valence-electron chi connectivity index (χ0n) is 16.4. The van der Waals surface area contributed by atoms with E-state index in [1.165, 1.54) is 20.3 Å². The second kappa shape index (κ2) is 8.80. The van der Waals surface area contributed by atoms with E-state index < -0.39 is 0 Å². The number of benzene rings is 2. The predicted molar refractivity (Wildman–Crippen MR) is 115 cm³/mol. The van der Waals surface area contributed by atoms with Crippen molar-refractivity contribution in [3.05, 3.63) is 59.2 Å². The average molecular weight is 377 g/mol. The lowest BCUT2D eigenvalue weighted by Crippen LogP contribution is -2.20. The Hall–Kier alpha value is -2.99. The van der Waals surface area contributed by atoms with Gasteiger partial charge in [-0.25, -0.2) is 0 Å². The third-order valence-corrected chi connectivity index (χ3v) is 4.80. The number of hydrogen-bond acceptors (Lipinski definition) is 5. The van der Waals surface area contributed by atoms with E-state index >= 15 is 0 Å². The maximum Gasteiger partial charge on any atom is 0.193 e. The number of ketones is 1. The van der Waals surface area contributed by atoms with Crippen LogP contribution in [0.2, 0.25) is 0 Å². The van der Waals surface area contributed by atoms with Gasteiger partial charge in [-0.05, 0) is 30.2 Å². The molecule has 2 N–H and O–H groups in total. The Labute approximate surface area is 166 Å². The Balaban J connectivity index is 2.04. The van der Waals surface area contributed by atoms with Gasteiger partial charge in [-0.1, -0.05) is 41.9 Å². The molecule has 1 aliphatic heterocycles. The Morgan fingerprint density at radius 1 is 1.18 bits per heavy atom. The largest absolute Gasteiger partial charge is 0.506 e. The van der Waals surface area contributed by atoms with Gasteiger partial charge < -0.3 is 19.9 Å². The summed E-state index contributed by atoms with van der Waals surface area (Å²) in [5, 5.41) is 14.2. The van der Waals surface area contributed by atoms with Crippen molar-refractivity contribution < 1.29 is 19.4 Å². The topological polar surface area (TPSA) is 67.8 Å². The van der Waals surface area contributed by atoms with E-state index in [-0.39, 0.29) is 22.8 Å². The number of phenols is 1. The standard InChI is InChI=1S/C22H24BNO4/c1-27-18-13-19(28-2)21(22(26)20(18)15-9-11-24-12-10-15)17(25)8-5-14-3-6-16(23)7-4-14/h3-9,13,24,26H,10-12,23H2,1-2H3/b8-5+. The molecule has 0 aliphatic carbocycles. The lowest BCUT2D eigenvalue weighted by molar-refractivity contribution is 0.104. The summed E-state index contributed by atoms with van der Waals surface area (Å²) in [5.41, 5.74) is 3.70. The Bertz CT molecular complexity index is 933. The summed E-state index contributed by atoms with van der Waals surface area (Å²) in [6.07, 6.45) is 5.93. The maximum atomic E-state index is 12.9. The molecule has 0 saturated heterocycles. The van der Waals surface area contributed by atoms with Crippen molar-refractivity contribution in [1.29, 1.82) is 0 Å². The van der Waals surface area contributed by atoms with Gasteiger partial charge in [0.25, 0.3) is 0 Å². The fourth-order valence-electron chi connectivity index (χ4n) is 3.27. The van der Waals surface area contributed by atoms with E-state index in [0.29, 0.717) is 17.9 Å². The minimum Gasteiger partial charge on any atom is -0.506 e. The molecule has 0 atom stereocenters. The van der Waals surface area contributed by atoms with E-state index in [2.05, 4.69) is 5.32 Å². The summed E-state index contributed by atoms with van der Waals surface area (Å²) in [6, 6.07) is 9.50. The van der Waals surface area contributed by atoms with Crippen molar-refractivity contribution >= 4 is 30.7 Å². The van der Waals surface area contributed by atoms with E-state index in [1.54, 1.807) is 12.1 Å². The molecular formula is C22H24BNO4. The van der Waals surface area contributed by atoms with E-state index in [0.717, 1.165) is 29.6 Å². The first kappa shape index (κ1) is 19.8. The van der Waals surface area contributed by atoms with Gasteiger partial charge in [-0.3, -0.25) is 4.79 Å². The van der Waals surface area contributed by atoms with Crippen molar-refractivity contribution in [3.63, 3.8) is 0 Å². The second-order valence-electron chi connectivity index (χ2n) is 6.67. The summed E-state index contributed by atoms with van der Waals surface area (Å²) >= 11 is 0. The highest BCUT2D eigenvalue weighted by Crippen LogP contribution is 2.43. The maximum absolute atomic E-state index is 12.9. The Kier molecular flexibility index (Phi) is 6.21. The molecule has 5 nitrogen and oxygen atoms in total. The van der Waals surface area contributed by atoms with E-state index in [9.17, 15) is 9.90 Å². The quantitative estimate of drug-likeness (QED) is 0.458. The van der Waals surface area contributed by atoms with Crippen molar-refractivity contribution in [2.24, 2.45) is 0 Å². The highest BCUT2D eigenvalue weighted by molar-refractivity contribution is 6.32. The fraction of sp³-hybridized carbons (Fsp3) is 0.227. The van der Waals surface area contributed by atoms with E-state index in [1.807, 2.05) is 38.2 Å². The van der Waals surface area contributed by atoms with Crippen LogP contribution in [0.15, 0.2) is 42.5 Å². The molecule has 0 aromatic heterocycles. The number of hydrogen-bond donors (Lipinski definition) is 2. The van der Waals surface area contributed by atoms with Crippen LogP contribution in [0, 0.1) is 0 Å². The smallest absolute Gasteiger partial charge is 0.193 e. The van der Waals surface area contributed by atoms with Crippen molar-refractivity contribution in [3.8, 4) is 17.2 Å². The van der Waals surface area contributed by atoms with Crippen LogP contribution in [0.1, 0.15) is 27.9 Å². The predicted octanol–water partition coefficient (Wildman–Crippen LogP) is 1.94. The first-order valence-electron chi connectivity index (χ1n) is 9.22. The molecule has 0 amide bonds. The monoisotopic (exact) mass is 377 g/mol. The summed E-state index contributed by atoms with van der Waals surface area (Å²) in [6.45, 7) is 1.51. The van der Waals surface area contributed by atoms with Crippen molar-refractivity contribution in [2.45, 2.75) is 6.42 Å². The molecule has 1 aliphatic rings. The van der Waals surface area contributed by atoms with Gasteiger partial charge >= 0.3 is 0 Å². The number of ether oxygens (including phenoxy) is 2. The normalized spacial score (nSPS) is 14.0. The van der Waals surface area contributed by atoms with Crippen LogP contribution in [-0.4, -0.2) is 46.0 Å². The molecular weight excluding hydrogens is 353 g/mol. The number of aromatic hydroxyl groups is 1. The van der Waals surface area contributed by atoms with Crippen molar-refractivity contribution in [2.75, 3.05) is 27.3 Å². The molecule has 0 radical (unpaired) electrons. The number of carbonyl (C=O) groups excluding carboxylic acids is 1. The third kappa shape index (κ3) is 4.12. The van der Waals surface area contributed by atoms with Gasteiger partial charge in [0.1, 0.15) is 30.7 Å². The number of nitrogens with one attached hydrogen (secondary N) is 1. The average Bonchev–Trinajstić information content (AvgIpc) is 2.72. The number of methoxy groups -OCH3 is 2. The first-order valence-corrected chi connectivity index (χ1v) is 9.22. The van der Waals surface area contributed by atoms with Crippen LogP contribution in [0.4, 0.5) is 0 Å². The lowest BCUT2D eigenvalue weighted by Gasteiger charge is -2.20. The highest BCUT2D eigenvalue weighted by atomic mass is 16.5.